The van der Waals surface area contributed by atoms with Crippen molar-refractivity contribution in [2.24, 2.45) is 0 Å². The third-order valence-electron chi connectivity index (χ3n) is 1.34. The molecular weight excluding hydrogens is 165 g/mol. The molecule has 0 unspecified atom stereocenters. The maximum Gasteiger partial charge on any atom is 0.417 e. The molecule has 0 nitrogen and oxygen atoms in total. The van der Waals surface area contributed by atoms with E-state index in [1.54, 1.807) is 12.2 Å². The van der Waals surface area contributed by atoms with Gasteiger partial charge in [0.25, 0.3) is 0 Å². The van der Waals surface area contributed by atoms with Crippen molar-refractivity contribution < 1.29 is 13.2 Å². The molecule has 0 aromatic carbocycles. The van der Waals surface area contributed by atoms with E-state index in [1.165, 1.54) is 18.6 Å². The van der Waals surface area contributed by atoms with Crippen LogP contribution in [0.4, 0.5) is 13.2 Å². The van der Waals surface area contributed by atoms with Gasteiger partial charge in [-0.05, 0) is 12.5 Å². The van der Waals surface area contributed by atoms with Crippen LogP contribution in [0.15, 0.2) is 29.4 Å². The largest absolute Gasteiger partial charge is 0.417 e. The lowest BCUT2D eigenvalue weighted by atomic mass is 10.0. The average molecular weight is 172 g/mol. The van der Waals surface area contributed by atoms with Crippen LogP contribution in [0.2, 0.25) is 0 Å². The van der Waals surface area contributed by atoms with Crippen molar-refractivity contribution in [3.05, 3.63) is 41.9 Å². The van der Waals surface area contributed by atoms with Crippen LogP contribution in [0.5, 0.6) is 0 Å². The molecule has 0 radical (unpaired) electrons. The second-order valence-corrected chi connectivity index (χ2v) is 2.49. The first-order valence-electron chi connectivity index (χ1n) is 3.39. The fourth-order valence-electron chi connectivity index (χ4n) is 0.801. The van der Waals surface area contributed by atoms with Crippen LogP contribution in [0.3, 0.4) is 0 Å². The molecule has 1 rings (SSSR count). The van der Waals surface area contributed by atoms with Gasteiger partial charge in [0.05, 0.1) is 6.08 Å². The fraction of sp³-hybridized carbons (Fsp3) is 0.222. The molecule has 0 atom stereocenters. The van der Waals surface area contributed by atoms with Crippen LogP contribution in [-0.2, 0) is 0 Å². The van der Waals surface area contributed by atoms with Crippen molar-refractivity contribution in [3.8, 4) is 0 Å². The minimum Gasteiger partial charge on any atom is -0.166 e. The molecule has 0 bridgehead atoms. The maximum atomic E-state index is 11.7. The Morgan fingerprint density at radius 3 is 2.42 bits per heavy atom. The summed E-state index contributed by atoms with van der Waals surface area (Å²) < 4.78 is 35.2. The van der Waals surface area contributed by atoms with Crippen LogP contribution in [0, 0.1) is 12.5 Å². The number of hydrogen-bond acceptors (Lipinski definition) is 0. The standard InChI is InChI=1S/C9H7F3/c1-7-2-4-8(5-3-7)6-9(10,11)12/h2-5H,1H3. The van der Waals surface area contributed by atoms with Gasteiger partial charge in [0.1, 0.15) is 0 Å². The van der Waals surface area contributed by atoms with Crippen molar-refractivity contribution in [2.75, 3.05) is 0 Å². The highest BCUT2D eigenvalue weighted by atomic mass is 19.4. The summed E-state index contributed by atoms with van der Waals surface area (Å²) in [7, 11) is 0. The third kappa shape index (κ3) is 2.86. The lowest BCUT2D eigenvalue weighted by Gasteiger charge is -2.06. The molecular formula is C9H7F3. The second-order valence-electron chi connectivity index (χ2n) is 2.49. The van der Waals surface area contributed by atoms with Crippen LogP contribution in [0.25, 0.3) is 0 Å². The van der Waals surface area contributed by atoms with Crippen LogP contribution in [-0.4, -0.2) is 6.18 Å². The molecule has 0 saturated carbocycles. The van der Waals surface area contributed by atoms with E-state index in [2.05, 4.69) is 0 Å². The zero-order valence-corrected chi connectivity index (χ0v) is 6.44. The highest BCUT2D eigenvalue weighted by Gasteiger charge is 2.25. The zero-order chi connectivity index (χ0) is 9.19. The predicted octanol–water partition coefficient (Wildman–Crippen LogP) is 3.00. The molecule has 64 valence electrons. The van der Waals surface area contributed by atoms with Gasteiger partial charge in [-0.15, -0.1) is 0 Å². The van der Waals surface area contributed by atoms with Gasteiger partial charge in [0.2, 0.25) is 0 Å². The Morgan fingerprint density at radius 1 is 1.33 bits per heavy atom. The van der Waals surface area contributed by atoms with Crippen LogP contribution >= 0.6 is 0 Å². The number of hydrogen-bond donors (Lipinski definition) is 0. The molecule has 0 fully saturated rings. The van der Waals surface area contributed by atoms with E-state index < -0.39 is 6.18 Å². The first kappa shape index (κ1) is 8.97. The Morgan fingerprint density at radius 2 is 2.00 bits per heavy atom. The Balaban J connectivity index is 2.71. The molecule has 12 heavy (non-hydrogen) atoms. The van der Waals surface area contributed by atoms with Crippen molar-refractivity contribution >= 4 is 0 Å². The molecule has 0 heterocycles. The van der Waals surface area contributed by atoms with Gasteiger partial charge in [-0.2, -0.15) is 13.2 Å². The van der Waals surface area contributed by atoms with Crippen molar-refractivity contribution in [1.82, 2.24) is 0 Å². The van der Waals surface area contributed by atoms with Gasteiger partial charge >= 0.3 is 6.18 Å². The Labute approximate surface area is 69.1 Å². The molecule has 0 aromatic rings. The zero-order valence-electron chi connectivity index (χ0n) is 6.44. The minimum atomic E-state index is -4.35. The number of rotatable bonds is 0. The number of allylic oxidation sites excluding steroid dienone is 6. The van der Waals surface area contributed by atoms with Crippen molar-refractivity contribution in [2.45, 2.75) is 13.1 Å². The number of halogens is 3. The summed E-state index contributed by atoms with van der Waals surface area (Å²) in [6.07, 6.45) is 3.08. The molecule has 0 amide bonds. The summed E-state index contributed by atoms with van der Waals surface area (Å²) in [4.78, 5) is 0. The van der Waals surface area contributed by atoms with Gasteiger partial charge in [0, 0.05) is 0 Å². The molecule has 1 aliphatic rings. The molecule has 1 aliphatic carbocycles. The maximum absolute atomic E-state index is 11.7. The predicted molar refractivity (Wildman–Crippen MR) is 40.0 cm³/mol. The van der Waals surface area contributed by atoms with E-state index in [0.29, 0.717) is 0 Å². The van der Waals surface area contributed by atoms with Crippen molar-refractivity contribution in [3.63, 3.8) is 0 Å². The average Bonchev–Trinajstić information content (AvgIpc) is 1.91. The molecule has 0 aromatic heterocycles. The first-order chi connectivity index (χ1) is 5.47. The highest BCUT2D eigenvalue weighted by Crippen LogP contribution is 2.21. The Bertz CT molecular complexity index is 253. The van der Waals surface area contributed by atoms with Crippen molar-refractivity contribution in [1.29, 1.82) is 0 Å². The second kappa shape index (κ2) is 3.09. The lowest BCUT2D eigenvalue weighted by molar-refractivity contribution is -0.0879. The molecule has 0 saturated heterocycles. The minimum absolute atomic E-state index is 0.0631. The quantitative estimate of drug-likeness (QED) is 0.493. The molecule has 0 spiro atoms. The summed E-state index contributed by atoms with van der Waals surface area (Å²) in [6.45, 7) is 1.82. The highest BCUT2D eigenvalue weighted by molar-refractivity contribution is 5.41. The summed E-state index contributed by atoms with van der Waals surface area (Å²) in [5, 5.41) is 0. The first-order valence-corrected chi connectivity index (χ1v) is 3.39. The molecule has 3 heteroatoms. The fourth-order valence-corrected chi connectivity index (χ4v) is 0.801. The number of alkyl halides is 3. The van der Waals surface area contributed by atoms with Crippen LogP contribution in [0.1, 0.15) is 6.92 Å². The van der Waals surface area contributed by atoms with E-state index in [4.69, 9.17) is 0 Å². The van der Waals surface area contributed by atoms with Crippen LogP contribution < -0.4 is 0 Å². The summed E-state index contributed by atoms with van der Waals surface area (Å²) >= 11 is 0. The van der Waals surface area contributed by atoms with E-state index >= 15 is 0 Å². The Kier molecular flexibility index (Phi) is 2.31. The van der Waals surface area contributed by atoms with Gasteiger partial charge in [0.15, 0.2) is 0 Å². The monoisotopic (exact) mass is 172 g/mol. The summed E-state index contributed by atoms with van der Waals surface area (Å²) in [5.74, 6) is 0. The topological polar surface area (TPSA) is 0 Å². The van der Waals surface area contributed by atoms with Gasteiger partial charge in [-0.3, -0.25) is 0 Å². The smallest absolute Gasteiger partial charge is 0.166 e. The Hall–Kier alpha value is -1.12. The van der Waals surface area contributed by atoms with E-state index in [1.807, 2.05) is 6.92 Å². The molecule has 0 aliphatic heterocycles. The normalized spacial score (nSPS) is 20.7. The third-order valence-corrected chi connectivity index (χ3v) is 1.34. The summed E-state index contributed by atoms with van der Waals surface area (Å²) in [6, 6.07) is 0. The summed E-state index contributed by atoms with van der Waals surface area (Å²) in [5.41, 5.74) is 0.996. The van der Waals surface area contributed by atoms with E-state index in [-0.39, 0.29) is 5.57 Å². The van der Waals surface area contributed by atoms with Gasteiger partial charge in [-0.1, -0.05) is 30.2 Å². The van der Waals surface area contributed by atoms with E-state index in [0.717, 1.165) is 5.57 Å². The lowest BCUT2D eigenvalue weighted by Crippen LogP contribution is -2.04. The molecule has 0 N–H and O–H groups in total. The van der Waals surface area contributed by atoms with Gasteiger partial charge < -0.3 is 0 Å². The SMILES string of the molecule is CC1=C[CH+]C(=[C-]C(F)(F)F)C=C1. The van der Waals surface area contributed by atoms with E-state index in [9.17, 15) is 13.2 Å². The van der Waals surface area contributed by atoms with Gasteiger partial charge in [-0.25, -0.2) is 0 Å².